The van der Waals surface area contributed by atoms with Crippen LogP contribution in [-0.4, -0.2) is 23.5 Å². The van der Waals surface area contributed by atoms with Gasteiger partial charge in [0, 0.05) is 12.5 Å². The van der Waals surface area contributed by atoms with E-state index < -0.39 is 11.9 Å². The number of carbonyl (C=O) groups is 2. The molecule has 1 aromatic carbocycles. The zero-order chi connectivity index (χ0) is 13.5. The van der Waals surface area contributed by atoms with Crippen molar-refractivity contribution in [1.29, 1.82) is 0 Å². The molecule has 4 heteroatoms. The van der Waals surface area contributed by atoms with Crippen molar-refractivity contribution in [2.24, 2.45) is 5.92 Å². The molecule has 4 nitrogen and oxygen atoms in total. The van der Waals surface area contributed by atoms with Gasteiger partial charge in [-0.25, -0.2) is 0 Å². The van der Waals surface area contributed by atoms with Crippen LogP contribution in [0.4, 0.5) is 0 Å². The molecule has 98 valence electrons. The maximum absolute atomic E-state index is 11.5. The quantitative estimate of drug-likeness (QED) is 0.807. The number of nitrogens with one attached hydrogen (secondary N) is 1. The summed E-state index contributed by atoms with van der Waals surface area (Å²) in [7, 11) is 0. The fourth-order valence-corrected chi connectivity index (χ4v) is 1.61. The molecule has 0 aliphatic carbocycles. The normalized spacial score (nSPS) is 11.9. The summed E-state index contributed by atoms with van der Waals surface area (Å²) in [4.78, 5) is 22.0. The second-order valence-electron chi connectivity index (χ2n) is 4.53. The van der Waals surface area contributed by atoms with E-state index in [4.69, 9.17) is 5.11 Å². The number of hydrogen-bond donors (Lipinski definition) is 2. The Morgan fingerprint density at radius 1 is 1.28 bits per heavy atom. The van der Waals surface area contributed by atoms with Gasteiger partial charge in [-0.3, -0.25) is 9.59 Å². The maximum atomic E-state index is 11.5. The average Bonchev–Trinajstić information content (AvgIpc) is 2.30. The molecule has 1 amide bonds. The summed E-state index contributed by atoms with van der Waals surface area (Å²) in [6.07, 6.45) is 0.627. The van der Waals surface area contributed by atoms with Crippen LogP contribution in [0.5, 0.6) is 0 Å². The van der Waals surface area contributed by atoms with Crippen molar-refractivity contribution in [3.05, 3.63) is 35.4 Å². The predicted octanol–water partition coefficient (Wildman–Crippen LogP) is 1.76. The Morgan fingerprint density at radius 2 is 1.89 bits per heavy atom. The number of carboxylic acid groups (broad SMARTS) is 1. The fraction of sp³-hybridized carbons (Fsp3) is 0.429. The Hall–Kier alpha value is -1.84. The third-order valence-electron chi connectivity index (χ3n) is 2.76. The Balaban J connectivity index is 2.31. The van der Waals surface area contributed by atoms with E-state index in [1.807, 2.05) is 31.2 Å². The second-order valence-corrected chi connectivity index (χ2v) is 4.53. The minimum absolute atomic E-state index is 0.129. The van der Waals surface area contributed by atoms with E-state index in [0.29, 0.717) is 6.54 Å². The van der Waals surface area contributed by atoms with Gasteiger partial charge in [0.1, 0.15) is 0 Å². The molecule has 0 fully saturated rings. The molecule has 1 unspecified atom stereocenters. The van der Waals surface area contributed by atoms with Gasteiger partial charge in [-0.05, 0) is 18.9 Å². The van der Waals surface area contributed by atoms with Gasteiger partial charge in [-0.1, -0.05) is 36.8 Å². The molecule has 0 aliphatic heterocycles. The molecule has 0 spiro atoms. The van der Waals surface area contributed by atoms with Gasteiger partial charge in [0.15, 0.2) is 0 Å². The molecule has 0 heterocycles. The zero-order valence-electron chi connectivity index (χ0n) is 10.8. The number of benzene rings is 1. The van der Waals surface area contributed by atoms with Crippen molar-refractivity contribution in [2.45, 2.75) is 26.7 Å². The first-order valence-corrected chi connectivity index (χ1v) is 6.04. The summed E-state index contributed by atoms with van der Waals surface area (Å²) in [6.45, 7) is 4.18. The van der Waals surface area contributed by atoms with Crippen molar-refractivity contribution in [2.75, 3.05) is 6.54 Å². The Morgan fingerprint density at radius 3 is 2.44 bits per heavy atom. The maximum Gasteiger partial charge on any atom is 0.304 e. The van der Waals surface area contributed by atoms with E-state index in [0.717, 1.165) is 12.0 Å². The molecule has 0 aliphatic rings. The predicted molar refractivity (Wildman–Crippen MR) is 69.3 cm³/mol. The van der Waals surface area contributed by atoms with Gasteiger partial charge in [-0.15, -0.1) is 0 Å². The Kier molecular flexibility index (Phi) is 5.36. The molecular formula is C14H19NO3. The van der Waals surface area contributed by atoms with Crippen LogP contribution >= 0.6 is 0 Å². The van der Waals surface area contributed by atoms with Crippen molar-refractivity contribution in [3.8, 4) is 0 Å². The van der Waals surface area contributed by atoms with Crippen LogP contribution in [0.15, 0.2) is 24.3 Å². The molecule has 0 saturated carbocycles. The number of aliphatic carboxylic acids is 1. The molecule has 1 aromatic rings. The lowest BCUT2D eigenvalue weighted by molar-refractivity contribution is -0.140. The highest BCUT2D eigenvalue weighted by atomic mass is 16.4. The highest BCUT2D eigenvalue weighted by Gasteiger charge is 2.15. The molecule has 0 aromatic heterocycles. The van der Waals surface area contributed by atoms with Crippen LogP contribution in [0.2, 0.25) is 0 Å². The number of carboxylic acids is 1. The Labute approximate surface area is 107 Å². The molecule has 1 rings (SSSR count). The number of rotatable bonds is 6. The molecule has 1 atom stereocenters. The van der Waals surface area contributed by atoms with Crippen molar-refractivity contribution in [3.63, 3.8) is 0 Å². The number of amides is 1. The summed E-state index contributed by atoms with van der Waals surface area (Å²) >= 11 is 0. The van der Waals surface area contributed by atoms with Crippen molar-refractivity contribution < 1.29 is 14.7 Å². The van der Waals surface area contributed by atoms with Gasteiger partial charge >= 0.3 is 5.97 Å². The monoisotopic (exact) mass is 249 g/mol. The minimum Gasteiger partial charge on any atom is -0.481 e. The van der Waals surface area contributed by atoms with E-state index in [9.17, 15) is 9.59 Å². The first-order valence-electron chi connectivity index (χ1n) is 6.04. The van der Waals surface area contributed by atoms with Crippen molar-refractivity contribution >= 4 is 11.9 Å². The van der Waals surface area contributed by atoms with Crippen LogP contribution in [0, 0.1) is 12.8 Å². The third kappa shape index (κ3) is 4.99. The van der Waals surface area contributed by atoms with Crippen LogP contribution < -0.4 is 5.32 Å². The van der Waals surface area contributed by atoms with Crippen LogP contribution in [-0.2, 0) is 16.0 Å². The van der Waals surface area contributed by atoms with Crippen LogP contribution in [0.1, 0.15) is 24.5 Å². The highest BCUT2D eigenvalue weighted by Crippen LogP contribution is 2.04. The van der Waals surface area contributed by atoms with E-state index in [2.05, 4.69) is 5.32 Å². The van der Waals surface area contributed by atoms with E-state index in [-0.39, 0.29) is 12.3 Å². The van der Waals surface area contributed by atoms with Gasteiger partial charge in [0.2, 0.25) is 5.91 Å². The van der Waals surface area contributed by atoms with Gasteiger partial charge < -0.3 is 10.4 Å². The second kappa shape index (κ2) is 6.79. The molecule has 18 heavy (non-hydrogen) atoms. The number of carbonyl (C=O) groups excluding carboxylic acids is 1. The highest BCUT2D eigenvalue weighted by molar-refractivity contribution is 5.82. The summed E-state index contributed by atoms with van der Waals surface area (Å²) in [5.74, 6) is -1.64. The standard InChI is InChI=1S/C14H19NO3/c1-10-3-5-12(6-4-10)7-8-15-14(18)11(2)9-13(16)17/h3-6,11H,7-9H2,1-2H3,(H,15,18)(H,16,17). The van der Waals surface area contributed by atoms with Gasteiger partial charge in [0.25, 0.3) is 0 Å². The van der Waals surface area contributed by atoms with E-state index >= 15 is 0 Å². The van der Waals surface area contributed by atoms with Crippen molar-refractivity contribution in [1.82, 2.24) is 5.32 Å². The topological polar surface area (TPSA) is 66.4 Å². The molecule has 2 N–H and O–H groups in total. The lowest BCUT2D eigenvalue weighted by atomic mass is 10.1. The average molecular weight is 249 g/mol. The largest absolute Gasteiger partial charge is 0.481 e. The van der Waals surface area contributed by atoms with E-state index in [1.165, 1.54) is 5.56 Å². The molecule has 0 saturated heterocycles. The number of hydrogen-bond acceptors (Lipinski definition) is 2. The SMILES string of the molecule is Cc1ccc(CCNC(=O)C(C)CC(=O)O)cc1. The molecule has 0 radical (unpaired) electrons. The smallest absolute Gasteiger partial charge is 0.304 e. The summed E-state index contributed by atoms with van der Waals surface area (Å²) < 4.78 is 0. The number of aryl methyl sites for hydroxylation is 1. The lowest BCUT2D eigenvalue weighted by Crippen LogP contribution is -2.32. The summed E-state index contributed by atoms with van der Waals surface area (Å²) in [6, 6.07) is 8.12. The lowest BCUT2D eigenvalue weighted by Gasteiger charge is -2.10. The third-order valence-corrected chi connectivity index (χ3v) is 2.76. The van der Waals surface area contributed by atoms with Crippen LogP contribution in [0.25, 0.3) is 0 Å². The molecule has 0 bridgehead atoms. The van der Waals surface area contributed by atoms with Gasteiger partial charge in [-0.2, -0.15) is 0 Å². The minimum atomic E-state index is -0.948. The van der Waals surface area contributed by atoms with Gasteiger partial charge in [0.05, 0.1) is 6.42 Å². The van der Waals surface area contributed by atoms with Crippen LogP contribution in [0.3, 0.4) is 0 Å². The molecular weight excluding hydrogens is 230 g/mol. The first-order chi connectivity index (χ1) is 8.49. The zero-order valence-corrected chi connectivity index (χ0v) is 10.8. The fourth-order valence-electron chi connectivity index (χ4n) is 1.61. The Bertz CT molecular complexity index is 412. The summed E-state index contributed by atoms with van der Waals surface area (Å²) in [5, 5.41) is 11.3. The van der Waals surface area contributed by atoms with E-state index in [1.54, 1.807) is 6.92 Å². The summed E-state index contributed by atoms with van der Waals surface area (Å²) in [5.41, 5.74) is 2.37. The first kappa shape index (κ1) is 14.2.